The van der Waals surface area contributed by atoms with Gasteiger partial charge in [-0.15, -0.1) is 0 Å². The van der Waals surface area contributed by atoms with E-state index in [0.717, 1.165) is 0 Å². The van der Waals surface area contributed by atoms with Crippen LogP contribution in [0.3, 0.4) is 0 Å². The third kappa shape index (κ3) is 4.52. The number of rotatable bonds is 5. The van der Waals surface area contributed by atoms with Gasteiger partial charge >= 0.3 is 0 Å². The fourth-order valence-corrected chi connectivity index (χ4v) is 4.50. The number of morpholine rings is 1. The lowest BCUT2D eigenvalue weighted by Gasteiger charge is -2.26. The van der Waals surface area contributed by atoms with Gasteiger partial charge in [0.2, 0.25) is 10.0 Å². The Kier molecular flexibility index (Phi) is 6.39. The first-order valence-electron chi connectivity index (χ1n) is 8.63. The van der Waals surface area contributed by atoms with Crippen LogP contribution in [0.15, 0.2) is 41.3 Å². The molecule has 1 aliphatic heterocycles. The fraction of sp³-hybridized carbons (Fsp3) is 0.263. The summed E-state index contributed by atoms with van der Waals surface area (Å²) in [6.45, 7) is 1.14. The maximum atomic E-state index is 12.9. The first kappa shape index (κ1) is 21.1. The number of sulfonamides is 1. The van der Waals surface area contributed by atoms with Gasteiger partial charge in [0.1, 0.15) is 11.8 Å². The van der Waals surface area contributed by atoms with Gasteiger partial charge in [-0.3, -0.25) is 4.79 Å². The Morgan fingerprint density at radius 3 is 2.59 bits per heavy atom. The molecule has 2 aromatic carbocycles. The van der Waals surface area contributed by atoms with Crippen molar-refractivity contribution in [1.29, 1.82) is 5.26 Å². The van der Waals surface area contributed by atoms with E-state index in [0.29, 0.717) is 18.9 Å². The van der Waals surface area contributed by atoms with E-state index in [4.69, 9.17) is 26.3 Å². The highest BCUT2D eigenvalue weighted by molar-refractivity contribution is 7.89. The summed E-state index contributed by atoms with van der Waals surface area (Å²) in [5, 5.41) is 11.8. The summed E-state index contributed by atoms with van der Waals surface area (Å²) >= 11 is 6.00. The average Bonchev–Trinajstić information content (AvgIpc) is 2.74. The number of amides is 1. The van der Waals surface area contributed by atoms with Crippen molar-refractivity contribution >= 4 is 33.2 Å². The molecule has 0 aliphatic carbocycles. The lowest BCUT2D eigenvalue weighted by atomic mass is 10.1. The van der Waals surface area contributed by atoms with E-state index < -0.39 is 15.9 Å². The number of anilines is 1. The van der Waals surface area contributed by atoms with Gasteiger partial charge in [0.05, 0.1) is 41.4 Å². The van der Waals surface area contributed by atoms with E-state index in [2.05, 4.69) is 5.32 Å². The number of methoxy groups -OCH3 is 1. The summed E-state index contributed by atoms with van der Waals surface area (Å²) in [5.41, 5.74) is 0.700. The summed E-state index contributed by atoms with van der Waals surface area (Å²) in [4.78, 5) is 12.8. The first-order valence-corrected chi connectivity index (χ1v) is 10.5. The van der Waals surface area contributed by atoms with E-state index >= 15 is 0 Å². The third-order valence-corrected chi connectivity index (χ3v) is 6.58. The van der Waals surface area contributed by atoms with Crippen LogP contribution in [0.4, 0.5) is 5.69 Å². The average molecular weight is 436 g/mol. The zero-order valence-electron chi connectivity index (χ0n) is 15.5. The molecule has 0 radical (unpaired) electrons. The van der Waals surface area contributed by atoms with Gasteiger partial charge in [0.15, 0.2) is 0 Å². The molecule has 1 heterocycles. The highest BCUT2D eigenvalue weighted by Gasteiger charge is 2.28. The number of ether oxygens (including phenoxy) is 2. The van der Waals surface area contributed by atoms with Crippen LogP contribution in [0.5, 0.6) is 5.75 Å². The Labute approximate surface area is 173 Å². The minimum atomic E-state index is -3.77. The van der Waals surface area contributed by atoms with Crippen molar-refractivity contribution in [2.24, 2.45) is 0 Å². The minimum absolute atomic E-state index is 0.0109. The standard InChI is InChI=1S/C19H18ClN3O5S/c1-27-18-5-4-15(29(25,26)23-6-8-28-9-7-23)11-16(18)19(24)22-14-3-2-13(12-21)17(20)10-14/h2-5,10-11H,6-9H2,1H3,(H,22,24). The maximum Gasteiger partial charge on any atom is 0.259 e. The molecule has 3 rings (SSSR count). The summed E-state index contributed by atoms with van der Waals surface area (Å²) in [6, 6.07) is 10.5. The molecule has 1 aliphatic rings. The number of carbonyl (C=O) groups is 1. The van der Waals surface area contributed by atoms with E-state index in [1.54, 1.807) is 0 Å². The van der Waals surface area contributed by atoms with Crippen molar-refractivity contribution in [3.8, 4) is 11.8 Å². The van der Waals surface area contributed by atoms with Gasteiger partial charge in [0, 0.05) is 18.8 Å². The number of carbonyl (C=O) groups excluding carboxylic acids is 1. The second-order valence-electron chi connectivity index (χ2n) is 6.14. The molecule has 0 atom stereocenters. The smallest absolute Gasteiger partial charge is 0.259 e. The molecular weight excluding hydrogens is 418 g/mol. The van der Waals surface area contributed by atoms with Crippen LogP contribution >= 0.6 is 11.6 Å². The van der Waals surface area contributed by atoms with E-state index in [-0.39, 0.29) is 39.9 Å². The van der Waals surface area contributed by atoms with Gasteiger partial charge < -0.3 is 14.8 Å². The maximum absolute atomic E-state index is 12.9. The monoisotopic (exact) mass is 435 g/mol. The second-order valence-corrected chi connectivity index (χ2v) is 8.48. The van der Waals surface area contributed by atoms with Crippen molar-refractivity contribution in [2.45, 2.75) is 4.90 Å². The van der Waals surface area contributed by atoms with Crippen molar-refractivity contribution in [1.82, 2.24) is 4.31 Å². The first-order chi connectivity index (χ1) is 13.9. The largest absolute Gasteiger partial charge is 0.496 e. The van der Waals surface area contributed by atoms with Crippen LogP contribution in [0.1, 0.15) is 15.9 Å². The van der Waals surface area contributed by atoms with Crippen LogP contribution in [-0.4, -0.2) is 52.0 Å². The second kappa shape index (κ2) is 8.80. The molecule has 0 bridgehead atoms. The Morgan fingerprint density at radius 2 is 1.97 bits per heavy atom. The molecule has 1 fully saturated rings. The summed E-state index contributed by atoms with van der Waals surface area (Å²) in [5.74, 6) is -0.343. The van der Waals surface area contributed by atoms with Crippen LogP contribution in [0.25, 0.3) is 0 Å². The van der Waals surface area contributed by atoms with Crippen LogP contribution in [0, 0.1) is 11.3 Å². The minimum Gasteiger partial charge on any atom is -0.496 e. The quantitative estimate of drug-likeness (QED) is 0.772. The molecule has 2 aromatic rings. The summed E-state index contributed by atoms with van der Waals surface area (Å²) in [7, 11) is -2.38. The predicted molar refractivity (Wildman–Crippen MR) is 107 cm³/mol. The van der Waals surface area contributed by atoms with Crippen molar-refractivity contribution in [2.75, 3.05) is 38.7 Å². The summed E-state index contributed by atoms with van der Waals surface area (Å²) < 4.78 is 37.5. The lowest BCUT2D eigenvalue weighted by molar-refractivity contribution is 0.0730. The van der Waals surface area contributed by atoms with Gasteiger partial charge in [-0.05, 0) is 36.4 Å². The molecule has 0 unspecified atom stereocenters. The Balaban J connectivity index is 1.91. The highest BCUT2D eigenvalue weighted by Crippen LogP contribution is 2.27. The molecule has 29 heavy (non-hydrogen) atoms. The number of halogens is 1. The van der Waals surface area contributed by atoms with E-state index in [9.17, 15) is 13.2 Å². The molecule has 1 amide bonds. The highest BCUT2D eigenvalue weighted by atomic mass is 35.5. The molecule has 8 nitrogen and oxygen atoms in total. The van der Waals surface area contributed by atoms with Crippen molar-refractivity contribution < 1.29 is 22.7 Å². The predicted octanol–water partition coefficient (Wildman–Crippen LogP) is 2.49. The Morgan fingerprint density at radius 1 is 1.24 bits per heavy atom. The van der Waals surface area contributed by atoms with Crippen LogP contribution in [0.2, 0.25) is 5.02 Å². The lowest BCUT2D eigenvalue weighted by Crippen LogP contribution is -2.40. The van der Waals surface area contributed by atoms with Crippen LogP contribution in [-0.2, 0) is 14.8 Å². The van der Waals surface area contributed by atoms with Gasteiger partial charge in [-0.2, -0.15) is 9.57 Å². The number of hydrogen-bond donors (Lipinski definition) is 1. The molecule has 0 saturated carbocycles. The van der Waals surface area contributed by atoms with E-state index in [1.807, 2.05) is 6.07 Å². The molecule has 0 spiro atoms. The van der Waals surface area contributed by atoms with Gasteiger partial charge in [0.25, 0.3) is 5.91 Å². The van der Waals surface area contributed by atoms with Crippen molar-refractivity contribution in [3.63, 3.8) is 0 Å². The Hall–Kier alpha value is -2.64. The topological polar surface area (TPSA) is 109 Å². The van der Waals surface area contributed by atoms with Gasteiger partial charge in [-0.25, -0.2) is 8.42 Å². The number of hydrogen-bond acceptors (Lipinski definition) is 6. The Bertz CT molecular complexity index is 1080. The van der Waals surface area contributed by atoms with Crippen LogP contribution < -0.4 is 10.1 Å². The number of nitrogens with zero attached hydrogens (tertiary/aromatic N) is 2. The number of nitrogens with one attached hydrogen (secondary N) is 1. The molecule has 1 saturated heterocycles. The summed E-state index contributed by atoms with van der Waals surface area (Å²) in [6.07, 6.45) is 0. The SMILES string of the molecule is COc1ccc(S(=O)(=O)N2CCOCC2)cc1C(=O)Nc1ccc(C#N)c(Cl)c1. The molecule has 152 valence electrons. The molecule has 1 N–H and O–H groups in total. The normalized spacial score (nSPS) is 14.8. The molecule has 0 aromatic heterocycles. The number of nitriles is 1. The number of benzene rings is 2. The zero-order chi connectivity index (χ0) is 21.0. The molecule has 10 heteroatoms. The molecular formula is C19H18ClN3O5S. The van der Waals surface area contributed by atoms with Gasteiger partial charge in [-0.1, -0.05) is 11.6 Å². The van der Waals surface area contributed by atoms with E-state index in [1.165, 1.54) is 47.8 Å². The zero-order valence-corrected chi connectivity index (χ0v) is 17.1. The fourth-order valence-electron chi connectivity index (χ4n) is 2.84. The van der Waals surface area contributed by atoms with Crippen molar-refractivity contribution in [3.05, 3.63) is 52.5 Å². The third-order valence-electron chi connectivity index (χ3n) is 4.37.